The second kappa shape index (κ2) is 10.2. The average Bonchev–Trinajstić information content (AvgIpc) is 2.73. The van der Waals surface area contributed by atoms with E-state index in [1.54, 1.807) is 24.3 Å². The van der Waals surface area contributed by atoms with Crippen molar-refractivity contribution < 1.29 is 9.53 Å². The van der Waals surface area contributed by atoms with Crippen LogP contribution in [0.4, 0.5) is 5.69 Å². The highest BCUT2D eigenvalue weighted by atomic mass is 16.5. The van der Waals surface area contributed by atoms with Gasteiger partial charge in [0.1, 0.15) is 0 Å². The van der Waals surface area contributed by atoms with Gasteiger partial charge in [-0.15, -0.1) is 0 Å². The number of hydrogen-bond acceptors (Lipinski definition) is 5. The van der Waals surface area contributed by atoms with Crippen molar-refractivity contribution in [3.8, 4) is 0 Å². The van der Waals surface area contributed by atoms with Gasteiger partial charge in [-0.1, -0.05) is 30.3 Å². The number of carbonyl (C=O) groups excluding carboxylic acids is 1. The number of methoxy groups -OCH3 is 1. The maximum atomic E-state index is 12.7. The van der Waals surface area contributed by atoms with Crippen LogP contribution < -0.4 is 10.5 Å². The monoisotopic (exact) mass is 398 g/mol. The summed E-state index contributed by atoms with van der Waals surface area (Å²) in [5.41, 5.74) is 1.84. The van der Waals surface area contributed by atoms with Crippen molar-refractivity contribution in [3.63, 3.8) is 0 Å². The summed E-state index contributed by atoms with van der Waals surface area (Å²) in [6.07, 6.45) is 4.30. The van der Waals surface area contributed by atoms with E-state index in [0.717, 1.165) is 37.2 Å². The SMILES string of the molecule is COCCn1ncc(N2CCCC(CC(=O)N(C)Cc3ccccc3)C2)cc1=O. The third kappa shape index (κ3) is 5.90. The minimum absolute atomic E-state index is 0.125. The fourth-order valence-electron chi connectivity index (χ4n) is 3.76. The van der Waals surface area contributed by atoms with Gasteiger partial charge in [-0.3, -0.25) is 9.59 Å². The number of carbonyl (C=O) groups is 1. The first-order valence-corrected chi connectivity index (χ1v) is 10.2. The lowest BCUT2D eigenvalue weighted by molar-refractivity contribution is -0.131. The van der Waals surface area contributed by atoms with E-state index < -0.39 is 0 Å². The third-order valence-electron chi connectivity index (χ3n) is 5.40. The van der Waals surface area contributed by atoms with Crippen LogP contribution in [0, 0.1) is 5.92 Å². The summed E-state index contributed by atoms with van der Waals surface area (Å²) in [5, 5.41) is 4.26. The molecule has 3 rings (SSSR count). The predicted octanol–water partition coefficient (Wildman–Crippen LogP) is 2.15. The van der Waals surface area contributed by atoms with Gasteiger partial charge in [-0.05, 0) is 24.3 Å². The van der Waals surface area contributed by atoms with Crippen LogP contribution in [-0.2, 0) is 22.6 Å². The third-order valence-corrected chi connectivity index (χ3v) is 5.40. The number of ether oxygens (including phenoxy) is 1. The van der Waals surface area contributed by atoms with Gasteiger partial charge >= 0.3 is 0 Å². The highest BCUT2D eigenvalue weighted by Crippen LogP contribution is 2.24. The van der Waals surface area contributed by atoms with Crippen molar-refractivity contribution in [3.05, 3.63) is 58.5 Å². The zero-order valence-electron chi connectivity index (χ0n) is 17.3. The molecule has 2 aromatic rings. The lowest BCUT2D eigenvalue weighted by Gasteiger charge is -2.34. The zero-order chi connectivity index (χ0) is 20.6. The molecule has 1 aromatic heterocycles. The van der Waals surface area contributed by atoms with Gasteiger partial charge in [-0.25, -0.2) is 4.68 Å². The van der Waals surface area contributed by atoms with Crippen molar-refractivity contribution in [2.75, 3.05) is 38.8 Å². The minimum Gasteiger partial charge on any atom is -0.383 e. The van der Waals surface area contributed by atoms with Gasteiger partial charge in [0, 0.05) is 46.3 Å². The molecule has 0 N–H and O–H groups in total. The summed E-state index contributed by atoms with van der Waals surface area (Å²) in [6, 6.07) is 11.7. The molecule has 1 aliphatic rings. The number of aromatic nitrogens is 2. The lowest BCUT2D eigenvalue weighted by Crippen LogP contribution is -2.39. The average molecular weight is 399 g/mol. The van der Waals surface area contributed by atoms with E-state index in [2.05, 4.69) is 10.00 Å². The summed E-state index contributed by atoms with van der Waals surface area (Å²) in [7, 11) is 3.46. The van der Waals surface area contributed by atoms with Gasteiger partial charge in [0.05, 0.1) is 25.0 Å². The van der Waals surface area contributed by atoms with Gasteiger partial charge in [-0.2, -0.15) is 5.10 Å². The summed E-state index contributed by atoms with van der Waals surface area (Å²) < 4.78 is 6.42. The Hall–Kier alpha value is -2.67. The molecule has 1 aromatic carbocycles. The zero-order valence-corrected chi connectivity index (χ0v) is 17.3. The van der Waals surface area contributed by atoms with Gasteiger partial charge in [0.25, 0.3) is 5.56 Å². The van der Waals surface area contributed by atoms with Gasteiger partial charge in [0.2, 0.25) is 5.91 Å². The van der Waals surface area contributed by atoms with Crippen LogP contribution in [0.1, 0.15) is 24.8 Å². The number of benzene rings is 1. The Morgan fingerprint density at radius 2 is 2.10 bits per heavy atom. The quantitative estimate of drug-likeness (QED) is 0.682. The number of rotatable bonds is 8. The van der Waals surface area contributed by atoms with Crippen molar-refractivity contribution in [2.24, 2.45) is 5.92 Å². The lowest BCUT2D eigenvalue weighted by atomic mass is 9.94. The molecule has 1 amide bonds. The van der Waals surface area contributed by atoms with Crippen LogP contribution in [0.25, 0.3) is 0 Å². The van der Waals surface area contributed by atoms with E-state index in [-0.39, 0.29) is 17.4 Å². The summed E-state index contributed by atoms with van der Waals surface area (Å²) in [4.78, 5) is 28.9. The predicted molar refractivity (Wildman–Crippen MR) is 113 cm³/mol. The van der Waals surface area contributed by atoms with E-state index in [0.29, 0.717) is 26.1 Å². The van der Waals surface area contributed by atoms with Crippen molar-refractivity contribution in [1.82, 2.24) is 14.7 Å². The Balaban J connectivity index is 1.57. The van der Waals surface area contributed by atoms with Crippen molar-refractivity contribution >= 4 is 11.6 Å². The van der Waals surface area contributed by atoms with E-state index in [1.807, 2.05) is 37.4 Å². The highest BCUT2D eigenvalue weighted by molar-refractivity contribution is 5.76. The summed E-state index contributed by atoms with van der Waals surface area (Å²) >= 11 is 0. The van der Waals surface area contributed by atoms with Crippen LogP contribution in [0.5, 0.6) is 0 Å². The molecule has 0 spiro atoms. The number of nitrogens with zero attached hydrogens (tertiary/aromatic N) is 4. The van der Waals surface area contributed by atoms with Crippen LogP contribution >= 0.6 is 0 Å². The smallest absolute Gasteiger partial charge is 0.268 e. The van der Waals surface area contributed by atoms with Crippen LogP contribution in [-0.4, -0.2) is 54.4 Å². The molecule has 0 saturated carbocycles. The summed E-state index contributed by atoms with van der Waals surface area (Å²) in [6.45, 7) is 3.18. The molecular formula is C22H30N4O3. The first-order valence-electron chi connectivity index (χ1n) is 10.2. The number of amides is 1. The molecule has 1 atom stereocenters. The van der Waals surface area contributed by atoms with Crippen molar-refractivity contribution in [2.45, 2.75) is 32.4 Å². The molecular weight excluding hydrogens is 368 g/mol. The van der Waals surface area contributed by atoms with Crippen LogP contribution in [0.2, 0.25) is 0 Å². The highest BCUT2D eigenvalue weighted by Gasteiger charge is 2.24. The van der Waals surface area contributed by atoms with E-state index in [4.69, 9.17) is 4.74 Å². The molecule has 0 aliphatic carbocycles. The summed E-state index contributed by atoms with van der Waals surface area (Å²) in [5.74, 6) is 0.444. The fraction of sp³-hybridized carbons (Fsp3) is 0.500. The van der Waals surface area contributed by atoms with Crippen LogP contribution in [0.15, 0.2) is 47.4 Å². The van der Waals surface area contributed by atoms with E-state index in [1.165, 1.54) is 4.68 Å². The van der Waals surface area contributed by atoms with E-state index >= 15 is 0 Å². The number of anilines is 1. The first kappa shape index (κ1) is 21.0. The fourth-order valence-corrected chi connectivity index (χ4v) is 3.76. The molecule has 1 unspecified atom stereocenters. The molecule has 0 radical (unpaired) electrons. The standard InChI is InChI=1S/C22H30N4O3/c1-24(16-18-7-4-3-5-8-18)21(27)13-19-9-6-10-25(17-19)20-14-22(28)26(23-15-20)11-12-29-2/h3-5,7-8,14-15,19H,6,9-13,16-17H2,1-2H3. The maximum Gasteiger partial charge on any atom is 0.268 e. The minimum atomic E-state index is -0.125. The molecule has 29 heavy (non-hydrogen) atoms. The Bertz CT molecular complexity index is 853. The molecule has 7 heteroatoms. The Labute approximate surface area is 171 Å². The topological polar surface area (TPSA) is 67.7 Å². The molecule has 7 nitrogen and oxygen atoms in total. The largest absolute Gasteiger partial charge is 0.383 e. The first-order chi connectivity index (χ1) is 14.1. The maximum absolute atomic E-state index is 12.7. The molecule has 1 fully saturated rings. The molecule has 1 aliphatic heterocycles. The Morgan fingerprint density at radius 1 is 1.31 bits per heavy atom. The number of hydrogen-bond donors (Lipinski definition) is 0. The molecule has 156 valence electrons. The van der Waals surface area contributed by atoms with Gasteiger partial charge < -0.3 is 14.5 Å². The molecule has 1 saturated heterocycles. The van der Waals surface area contributed by atoms with Crippen LogP contribution in [0.3, 0.4) is 0 Å². The Morgan fingerprint density at radius 3 is 2.83 bits per heavy atom. The number of piperidine rings is 1. The normalized spacial score (nSPS) is 16.6. The van der Waals surface area contributed by atoms with Gasteiger partial charge in [0.15, 0.2) is 0 Å². The van der Waals surface area contributed by atoms with E-state index in [9.17, 15) is 9.59 Å². The molecule has 0 bridgehead atoms. The van der Waals surface area contributed by atoms with Crippen molar-refractivity contribution in [1.29, 1.82) is 0 Å². The molecule has 2 heterocycles. The Kier molecular flexibility index (Phi) is 7.41. The second-order valence-corrected chi connectivity index (χ2v) is 7.66. The second-order valence-electron chi connectivity index (χ2n) is 7.66.